The van der Waals surface area contributed by atoms with Crippen molar-refractivity contribution in [2.45, 2.75) is 27.7 Å². The molecule has 3 aromatic heterocycles. The zero-order valence-electron chi connectivity index (χ0n) is 15.8. The molecule has 9 heteroatoms. The van der Waals surface area contributed by atoms with Crippen LogP contribution < -0.4 is 10.6 Å². The van der Waals surface area contributed by atoms with Crippen LogP contribution in [0.4, 0.5) is 5.82 Å². The summed E-state index contributed by atoms with van der Waals surface area (Å²) in [5, 5.41) is 10.4. The van der Waals surface area contributed by atoms with E-state index in [0.717, 1.165) is 17.1 Å². The highest BCUT2D eigenvalue weighted by molar-refractivity contribution is 5.91. The van der Waals surface area contributed by atoms with Gasteiger partial charge < -0.3 is 10.6 Å². The predicted octanol–water partition coefficient (Wildman–Crippen LogP) is 1.53. The van der Waals surface area contributed by atoms with Crippen LogP contribution in [0.2, 0.25) is 0 Å². The molecule has 0 aliphatic carbocycles. The largest absolute Gasteiger partial charge is 0.368 e. The van der Waals surface area contributed by atoms with Gasteiger partial charge in [0.15, 0.2) is 5.82 Å². The van der Waals surface area contributed by atoms with Gasteiger partial charge in [-0.1, -0.05) is 0 Å². The highest BCUT2D eigenvalue weighted by Crippen LogP contribution is 2.13. The van der Waals surface area contributed by atoms with Crippen molar-refractivity contribution in [2.24, 2.45) is 0 Å². The summed E-state index contributed by atoms with van der Waals surface area (Å²) < 4.78 is 1.78. The Kier molecular flexibility index (Phi) is 5.39. The quantitative estimate of drug-likeness (QED) is 0.636. The number of carbonyl (C=O) groups is 1. The van der Waals surface area contributed by atoms with Crippen LogP contribution in [-0.4, -0.2) is 48.7 Å². The predicted molar refractivity (Wildman–Crippen MR) is 101 cm³/mol. The van der Waals surface area contributed by atoms with Crippen molar-refractivity contribution in [3.05, 3.63) is 53.1 Å². The maximum Gasteiger partial charge on any atom is 0.271 e. The molecule has 0 spiro atoms. The standard InChI is InChI=1S/C18H22N8O/c1-11-7-13(3)26(25-11)17-8-16(23-14(4)24-17)19-5-6-20-18(27)15-10-21-12(2)9-22-15/h7-10H,5-6H2,1-4H3,(H,20,27)(H,19,23,24). The maximum atomic E-state index is 12.0. The lowest BCUT2D eigenvalue weighted by Gasteiger charge is -2.10. The number of hydrogen-bond acceptors (Lipinski definition) is 7. The lowest BCUT2D eigenvalue weighted by molar-refractivity contribution is 0.0949. The number of amides is 1. The van der Waals surface area contributed by atoms with Crippen molar-refractivity contribution in [3.8, 4) is 5.82 Å². The third kappa shape index (κ3) is 4.63. The van der Waals surface area contributed by atoms with Crippen molar-refractivity contribution in [1.29, 1.82) is 0 Å². The first-order chi connectivity index (χ1) is 12.9. The fourth-order valence-corrected chi connectivity index (χ4v) is 2.58. The van der Waals surface area contributed by atoms with Gasteiger partial charge in [-0.2, -0.15) is 5.10 Å². The van der Waals surface area contributed by atoms with Crippen LogP contribution in [0, 0.1) is 27.7 Å². The fraction of sp³-hybridized carbons (Fsp3) is 0.333. The van der Waals surface area contributed by atoms with Crippen LogP contribution in [-0.2, 0) is 0 Å². The number of aryl methyl sites for hydroxylation is 4. The zero-order valence-corrected chi connectivity index (χ0v) is 15.8. The molecule has 0 aromatic carbocycles. The van der Waals surface area contributed by atoms with E-state index in [9.17, 15) is 4.79 Å². The molecule has 0 fully saturated rings. The van der Waals surface area contributed by atoms with Gasteiger partial charge in [0.25, 0.3) is 5.91 Å². The van der Waals surface area contributed by atoms with E-state index in [-0.39, 0.29) is 5.91 Å². The van der Waals surface area contributed by atoms with Gasteiger partial charge >= 0.3 is 0 Å². The van der Waals surface area contributed by atoms with E-state index >= 15 is 0 Å². The van der Waals surface area contributed by atoms with Crippen LogP contribution in [0.25, 0.3) is 5.82 Å². The molecule has 0 saturated carbocycles. The van der Waals surface area contributed by atoms with E-state index in [2.05, 4.69) is 35.7 Å². The Morgan fingerprint density at radius 2 is 1.81 bits per heavy atom. The van der Waals surface area contributed by atoms with Gasteiger partial charge in [0.2, 0.25) is 0 Å². The van der Waals surface area contributed by atoms with Crippen LogP contribution >= 0.6 is 0 Å². The Bertz CT molecular complexity index is 948. The highest BCUT2D eigenvalue weighted by atomic mass is 16.1. The zero-order chi connectivity index (χ0) is 19.4. The van der Waals surface area contributed by atoms with Gasteiger partial charge in [0.1, 0.15) is 17.3 Å². The first-order valence-corrected chi connectivity index (χ1v) is 8.62. The van der Waals surface area contributed by atoms with E-state index in [1.807, 2.05) is 39.8 Å². The van der Waals surface area contributed by atoms with Crippen LogP contribution in [0.1, 0.15) is 33.4 Å². The molecule has 27 heavy (non-hydrogen) atoms. The number of hydrogen-bond donors (Lipinski definition) is 2. The molecule has 0 bridgehead atoms. The van der Waals surface area contributed by atoms with Gasteiger partial charge in [-0.3, -0.25) is 9.78 Å². The van der Waals surface area contributed by atoms with Crippen molar-refractivity contribution >= 4 is 11.7 Å². The van der Waals surface area contributed by atoms with Crippen molar-refractivity contribution in [3.63, 3.8) is 0 Å². The second kappa shape index (κ2) is 7.90. The average Bonchev–Trinajstić information content (AvgIpc) is 2.97. The second-order valence-corrected chi connectivity index (χ2v) is 6.22. The monoisotopic (exact) mass is 366 g/mol. The molecular formula is C18H22N8O. The molecule has 2 N–H and O–H groups in total. The number of aromatic nitrogens is 6. The molecule has 0 aliphatic heterocycles. The van der Waals surface area contributed by atoms with Crippen molar-refractivity contribution < 1.29 is 4.79 Å². The summed E-state index contributed by atoms with van der Waals surface area (Å²) in [5.41, 5.74) is 3.00. The Hall–Kier alpha value is -3.36. The van der Waals surface area contributed by atoms with Crippen LogP contribution in [0.3, 0.4) is 0 Å². The van der Waals surface area contributed by atoms with Gasteiger partial charge in [0, 0.05) is 31.0 Å². The normalized spacial score (nSPS) is 10.7. The van der Waals surface area contributed by atoms with Crippen LogP contribution in [0.15, 0.2) is 24.5 Å². The number of nitrogens with zero attached hydrogens (tertiary/aromatic N) is 6. The fourth-order valence-electron chi connectivity index (χ4n) is 2.58. The molecule has 0 unspecified atom stereocenters. The lowest BCUT2D eigenvalue weighted by atomic mass is 10.4. The third-order valence-corrected chi connectivity index (χ3v) is 3.78. The molecule has 0 saturated heterocycles. The van der Waals surface area contributed by atoms with E-state index < -0.39 is 0 Å². The number of anilines is 1. The van der Waals surface area contributed by atoms with Gasteiger partial charge in [-0.25, -0.2) is 19.6 Å². The average molecular weight is 366 g/mol. The summed E-state index contributed by atoms with van der Waals surface area (Å²) in [7, 11) is 0. The molecule has 1 amide bonds. The van der Waals surface area contributed by atoms with E-state index in [1.54, 1.807) is 10.9 Å². The second-order valence-electron chi connectivity index (χ2n) is 6.22. The summed E-state index contributed by atoms with van der Waals surface area (Å²) in [6.45, 7) is 8.51. The minimum absolute atomic E-state index is 0.258. The van der Waals surface area contributed by atoms with Gasteiger partial charge in [0.05, 0.1) is 17.6 Å². The van der Waals surface area contributed by atoms with E-state index in [0.29, 0.717) is 36.2 Å². The minimum atomic E-state index is -0.258. The van der Waals surface area contributed by atoms with Crippen LogP contribution in [0.5, 0.6) is 0 Å². The van der Waals surface area contributed by atoms with Crippen molar-refractivity contribution in [1.82, 2.24) is 35.0 Å². The molecule has 3 heterocycles. The summed E-state index contributed by atoms with van der Waals surface area (Å²) in [5.74, 6) is 1.76. The summed E-state index contributed by atoms with van der Waals surface area (Å²) in [6, 6.07) is 3.83. The molecule has 9 nitrogen and oxygen atoms in total. The molecule has 140 valence electrons. The summed E-state index contributed by atoms with van der Waals surface area (Å²) in [4.78, 5) is 29.0. The Morgan fingerprint density at radius 3 is 2.48 bits per heavy atom. The first kappa shape index (κ1) is 18.4. The lowest BCUT2D eigenvalue weighted by Crippen LogP contribution is -2.29. The molecule has 0 aliphatic rings. The highest BCUT2D eigenvalue weighted by Gasteiger charge is 2.09. The van der Waals surface area contributed by atoms with Crippen molar-refractivity contribution in [2.75, 3.05) is 18.4 Å². The topological polar surface area (TPSA) is 111 Å². The number of rotatable bonds is 6. The SMILES string of the molecule is Cc1cnc(C(=O)NCCNc2cc(-n3nc(C)cc3C)nc(C)n2)cn1. The Balaban J connectivity index is 1.59. The Morgan fingerprint density at radius 1 is 1.00 bits per heavy atom. The van der Waals surface area contributed by atoms with Gasteiger partial charge in [-0.15, -0.1) is 0 Å². The van der Waals surface area contributed by atoms with E-state index in [1.165, 1.54) is 6.20 Å². The number of nitrogens with one attached hydrogen (secondary N) is 2. The molecular weight excluding hydrogens is 344 g/mol. The molecule has 0 radical (unpaired) electrons. The van der Waals surface area contributed by atoms with Gasteiger partial charge in [-0.05, 0) is 33.8 Å². The van der Waals surface area contributed by atoms with E-state index in [4.69, 9.17) is 0 Å². The summed E-state index contributed by atoms with van der Waals surface area (Å²) >= 11 is 0. The first-order valence-electron chi connectivity index (χ1n) is 8.62. The molecule has 3 aromatic rings. The number of carbonyl (C=O) groups excluding carboxylic acids is 1. The smallest absolute Gasteiger partial charge is 0.271 e. The maximum absolute atomic E-state index is 12.0. The molecule has 3 rings (SSSR count). The summed E-state index contributed by atoms with van der Waals surface area (Å²) in [6.07, 6.45) is 3.03. The minimum Gasteiger partial charge on any atom is -0.368 e. The third-order valence-electron chi connectivity index (χ3n) is 3.78. The Labute approximate surface area is 157 Å². The molecule has 0 atom stereocenters.